The molecule has 1 aliphatic heterocycles. The summed E-state index contributed by atoms with van der Waals surface area (Å²) in [5.41, 5.74) is 2.51. The van der Waals surface area contributed by atoms with Crippen molar-refractivity contribution in [2.75, 3.05) is 25.6 Å². The van der Waals surface area contributed by atoms with Crippen molar-refractivity contribution in [2.45, 2.75) is 24.9 Å². The fraction of sp³-hybridized carbons (Fsp3) is 0.368. The maximum atomic E-state index is 5.54. The van der Waals surface area contributed by atoms with Gasteiger partial charge in [-0.2, -0.15) is 0 Å². The van der Waals surface area contributed by atoms with Crippen molar-refractivity contribution in [3.8, 4) is 5.75 Å². The van der Waals surface area contributed by atoms with Crippen LogP contribution in [0, 0.1) is 0 Å². The van der Waals surface area contributed by atoms with Crippen molar-refractivity contribution in [2.24, 2.45) is 0 Å². The second-order valence-electron chi connectivity index (χ2n) is 5.83. The average Bonchev–Trinajstić information content (AvgIpc) is 2.62. The van der Waals surface area contributed by atoms with Gasteiger partial charge >= 0.3 is 0 Å². The predicted molar refractivity (Wildman–Crippen MR) is 91.6 cm³/mol. The fourth-order valence-corrected chi connectivity index (χ4v) is 3.39. The number of methoxy groups -OCH3 is 1. The van der Waals surface area contributed by atoms with Crippen LogP contribution in [0.25, 0.3) is 0 Å². The Hall–Kier alpha value is -2.00. The topological polar surface area (TPSA) is 24.5 Å². The summed E-state index contributed by atoms with van der Waals surface area (Å²) >= 11 is 0. The fourth-order valence-electron chi connectivity index (χ4n) is 3.39. The van der Waals surface area contributed by atoms with Crippen LogP contribution in [0.4, 0.5) is 5.69 Å². The first-order valence-electron chi connectivity index (χ1n) is 7.95. The molecule has 3 rings (SSSR count). The third kappa shape index (κ3) is 2.95. The third-order valence-corrected chi connectivity index (χ3v) is 4.55. The van der Waals surface area contributed by atoms with Crippen molar-refractivity contribution < 1.29 is 4.74 Å². The zero-order valence-corrected chi connectivity index (χ0v) is 13.3. The van der Waals surface area contributed by atoms with Crippen LogP contribution in [0.1, 0.15) is 24.4 Å². The normalized spacial score (nSPS) is 21.4. The van der Waals surface area contributed by atoms with E-state index in [4.69, 9.17) is 4.74 Å². The number of nitrogens with one attached hydrogen (secondary N) is 1. The molecule has 0 aromatic heterocycles. The molecule has 1 fully saturated rings. The second kappa shape index (κ2) is 6.84. The third-order valence-electron chi connectivity index (χ3n) is 4.55. The number of anilines is 1. The molecule has 2 aromatic carbocycles. The molecule has 116 valence electrons. The molecule has 1 heterocycles. The highest BCUT2D eigenvalue weighted by molar-refractivity contribution is 5.59. The molecule has 1 saturated heterocycles. The minimum absolute atomic E-state index is 0.352. The lowest BCUT2D eigenvalue weighted by molar-refractivity contribution is 0.344. The Labute approximate surface area is 132 Å². The van der Waals surface area contributed by atoms with Gasteiger partial charge in [-0.3, -0.25) is 0 Å². The van der Waals surface area contributed by atoms with E-state index in [1.54, 1.807) is 7.11 Å². The van der Waals surface area contributed by atoms with Crippen LogP contribution in [-0.2, 0) is 0 Å². The molecule has 0 aliphatic carbocycles. The highest BCUT2D eigenvalue weighted by Gasteiger charge is 2.30. The first-order chi connectivity index (χ1) is 10.8. The van der Waals surface area contributed by atoms with E-state index in [1.165, 1.54) is 18.4 Å². The molecular formula is C19H24N2O. The standard InChI is InChI=1S/C19H24N2O/c1-21(16-11-6-7-13-18(16)22-2)17-12-8-14-20-19(17)15-9-4-3-5-10-15/h3-7,9-11,13,17,19-20H,8,12,14H2,1-2H3/t17-,19-/m0/s1. The number of rotatable bonds is 4. The monoisotopic (exact) mass is 296 g/mol. The number of piperidine rings is 1. The summed E-state index contributed by atoms with van der Waals surface area (Å²) in [6, 6.07) is 19.8. The van der Waals surface area contributed by atoms with Crippen molar-refractivity contribution in [3.63, 3.8) is 0 Å². The van der Waals surface area contributed by atoms with Gasteiger partial charge in [0.1, 0.15) is 5.75 Å². The summed E-state index contributed by atoms with van der Waals surface area (Å²) in [5.74, 6) is 0.933. The van der Waals surface area contributed by atoms with Gasteiger partial charge in [-0.1, -0.05) is 42.5 Å². The highest BCUT2D eigenvalue weighted by atomic mass is 16.5. The van der Waals surface area contributed by atoms with Gasteiger partial charge in [-0.15, -0.1) is 0 Å². The molecular weight excluding hydrogens is 272 g/mol. The van der Waals surface area contributed by atoms with Crippen LogP contribution in [-0.4, -0.2) is 26.7 Å². The number of hydrogen-bond donors (Lipinski definition) is 1. The SMILES string of the molecule is COc1ccccc1N(C)[C@H]1CCCN[C@H]1c1ccccc1. The summed E-state index contributed by atoms with van der Waals surface area (Å²) < 4.78 is 5.54. The van der Waals surface area contributed by atoms with Gasteiger partial charge in [0.05, 0.1) is 18.8 Å². The lowest BCUT2D eigenvalue weighted by Crippen LogP contribution is -2.47. The highest BCUT2D eigenvalue weighted by Crippen LogP contribution is 2.34. The van der Waals surface area contributed by atoms with Crippen LogP contribution in [0.2, 0.25) is 0 Å². The maximum absolute atomic E-state index is 5.54. The zero-order valence-electron chi connectivity index (χ0n) is 13.3. The minimum atomic E-state index is 0.352. The van der Waals surface area contributed by atoms with Crippen molar-refractivity contribution >= 4 is 5.69 Å². The largest absolute Gasteiger partial charge is 0.495 e. The molecule has 1 N–H and O–H groups in total. The molecule has 2 aromatic rings. The van der Waals surface area contributed by atoms with Crippen molar-refractivity contribution in [1.29, 1.82) is 0 Å². The number of para-hydroxylation sites is 2. The quantitative estimate of drug-likeness (QED) is 0.932. The summed E-state index contributed by atoms with van der Waals surface area (Å²) in [6.45, 7) is 1.08. The van der Waals surface area contributed by atoms with Gasteiger partial charge in [0, 0.05) is 13.1 Å². The van der Waals surface area contributed by atoms with Gasteiger partial charge in [0.2, 0.25) is 0 Å². The molecule has 0 radical (unpaired) electrons. The molecule has 3 heteroatoms. The number of ether oxygens (including phenoxy) is 1. The van der Waals surface area contributed by atoms with E-state index in [0.29, 0.717) is 12.1 Å². The Morgan fingerprint density at radius 1 is 1.05 bits per heavy atom. The van der Waals surface area contributed by atoms with E-state index in [2.05, 4.69) is 59.7 Å². The summed E-state index contributed by atoms with van der Waals surface area (Å²) in [5, 5.41) is 3.69. The van der Waals surface area contributed by atoms with Crippen LogP contribution in [0.5, 0.6) is 5.75 Å². The zero-order chi connectivity index (χ0) is 15.4. The van der Waals surface area contributed by atoms with Gasteiger partial charge in [-0.25, -0.2) is 0 Å². The lowest BCUT2D eigenvalue weighted by Gasteiger charge is -2.40. The molecule has 0 amide bonds. The van der Waals surface area contributed by atoms with Gasteiger partial charge in [0.15, 0.2) is 0 Å². The Kier molecular flexibility index (Phi) is 4.64. The predicted octanol–water partition coefficient (Wildman–Crippen LogP) is 3.62. The summed E-state index contributed by atoms with van der Waals surface area (Å²) in [6.07, 6.45) is 2.38. The Bertz CT molecular complexity index is 599. The Balaban J connectivity index is 1.90. The smallest absolute Gasteiger partial charge is 0.142 e. The molecule has 3 nitrogen and oxygen atoms in total. The van der Waals surface area contributed by atoms with Crippen LogP contribution in [0.3, 0.4) is 0 Å². The molecule has 0 unspecified atom stereocenters. The van der Waals surface area contributed by atoms with Gasteiger partial charge < -0.3 is 15.0 Å². The maximum Gasteiger partial charge on any atom is 0.142 e. The number of hydrogen-bond acceptors (Lipinski definition) is 3. The van der Waals surface area contributed by atoms with Crippen LogP contribution < -0.4 is 15.0 Å². The average molecular weight is 296 g/mol. The van der Waals surface area contributed by atoms with Crippen LogP contribution in [0.15, 0.2) is 54.6 Å². The van der Waals surface area contributed by atoms with E-state index in [9.17, 15) is 0 Å². The van der Waals surface area contributed by atoms with E-state index in [0.717, 1.165) is 18.0 Å². The van der Waals surface area contributed by atoms with Gasteiger partial charge in [-0.05, 0) is 37.1 Å². The van der Waals surface area contributed by atoms with E-state index in [-0.39, 0.29) is 0 Å². The first kappa shape index (κ1) is 14.9. The van der Waals surface area contributed by atoms with Crippen LogP contribution >= 0.6 is 0 Å². The molecule has 1 aliphatic rings. The lowest BCUT2D eigenvalue weighted by atomic mass is 9.91. The van der Waals surface area contributed by atoms with E-state index in [1.807, 2.05) is 12.1 Å². The molecule has 0 bridgehead atoms. The molecule has 0 spiro atoms. The van der Waals surface area contributed by atoms with Gasteiger partial charge in [0.25, 0.3) is 0 Å². The Morgan fingerprint density at radius 2 is 1.77 bits per heavy atom. The number of likely N-dealkylation sites (N-methyl/N-ethyl adjacent to an activating group) is 1. The second-order valence-corrected chi connectivity index (χ2v) is 5.83. The minimum Gasteiger partial charge on any atom is -0.495 e. The Morgan fingerprint density at radius 3 is 2.55 bits per heavy atom. The number of benzene rings is 2. The molecule has 22 heavy (non-hydrogen) atoms. The summed E-state index contributed by atoms with van der Waals surface area (Å²) in [7, 11) is 3.91. The van der Waals surface area contributed by atoms with E-state index >= 15 is 0 Å². The molecule has 0 saturated carbocycles. The summed E-state index contributed by atoms with van der Waals surface area (Å²) in [4.78, 5) is 2.36. The number of nitrogens with zero attached hydrogens (tertiary/aromatic N) is 1. The first-order valence-corrected chi connectivity index (χ1v) is 7.95. The van der Waals surface area contributed by atoms with Crippen molar-refractivity contribution in [3.05, 3.63) is 60.2 Å². The molecule has 2 atom stereocenters. The van der Waals surface area contributed by atoms with Crippen molar-refractivity contribution in [1.82, 2.24) is 5.32 Å². The van der Waals surface area contributed by atoms with E-state index < -0.39 is 0 Å².